The summed E-state index contributed by atoms with van der Waals surface area (Å²) < 4.78 is 16.1. The molecule has 13 heteroatoms. The van der Waals surface area contributed by atoms with Crippen molar-refractivity contribution in [2.75, 3.05) is 48.0 Å². The van der Waals surface area contributed by atoms with E-state index in [9.17, 15) is 19.2 Å². The molecule has 5 N–H and O–H groups in total. The van der Waals surface area contributed by atoms with Crippen LogP contribution in [0.4, 0.5) is 22.7 Å². The molecule has 2 aromatic carbocycles. The van der Waals surface area contributed by atoms with E-state index in [1.165, 1.54) is 4.90 Å². The van der Waals surface area contributed by atoms with Gasteiger partial charge in [-0.3, -0.25) is 19.2 Å². The van der Waals surface area contributed by atoms with E-state index in [0.29, 0.717) is 35.9 Å². The molecule has 0 spiro atoms. The van der Waals surface area contributed by atoms with Gasteiger partial charge in [-0.2, -0.15) is 0 Å². The Balaban J connectivity index is 1.53. The number of nitrogens with one attached hydrogen (secondary N) is 1. The van der Waals surface area contributed by atoms with E-state index < -0.39 is 30.0 Å². The first kappa shape index (κ1) is 26.6. The van der Waals surface area contributed by atoms with Crippen molar-refractivity contribution in [2.24, 2.45) is 16.5 Å². The zero-order valence-corrected chi connectivity index (χ0v) is 20.7. The highest BCUT2D eigenvalue weighted by atomic mass is 16.6. The molecule has 200 valence electrons. The molecule has 0 aromatic heterocycles. The lowest BCUT2D eigenvalue weighted by Crippen LogP contribution is -2.56. The van der Waals surface area contributed by atoms with Gasteiger partial charge in [-0.25, -0.2) is 4.99 Å². The van der Waals surface area contributed by atoms with E-state index in [1.54, 1.807) is 53.4 Å². The molecule has 2 aliphatic heterocycles. The highest BCUT2D eigenvalue weighted by Gasteiger charge is 2.42. The van der Waals surface area contributed by atoms with Crippen LogP contribution in [0.1, 0.15) is 6.92 Å². The second-order valence-corrected chi connectivity index (χ2v) is 8.50. The van der Waals surface area contributed by atoms with Crippen LogP contribution in [0.3, 0.4) is 0 Å². The fraction of sp³-hybridized carbons (Fsp3) is 0.320. The first-order chi connectivity index (χ1) is 18.2. The normalized spacial score (nSPS) is 18.5. The molecule has 3 amide bonds. The van der Waals surface area contributed by atoms with Gasteiger partial charge in [-0.15, -0.1) is 0 Å². The Kier molecular flexibility index (Phi) is 8.19. The first-order valence-corrected chi connectivity index (χ1v) is 11.8. The number of anilines is 3. The van der Waals surface area contributed by atoms with Crippen molar-refractivity contribution < 1.29 is 33.4 Å². The standard InChI is InChI=1S/C25H28N6O7/c1-15(32)38-21(23(34)28-16-5-7-17(8-6-16)29-25(26)27)22-24(35)31(10-12-37-22)19-4-2-3-18(13-19)30-9-11-36-14-20(30)33/h2-8,13,21-22H,9-12,14H2,1H3,(H,28,34)(H4,26,27,29). The fourth-order valence-electron chi connectivity index (χ4n) is 4.11. The number of nitrogens with zero attached hydrogens (tertiary/aromatic N) is 3. The summed E-state index contributed by atoms with van der Waals surface area (Å²) in [6.07, 6.45) is -2.94. The number of ether oxygens (including phenoxy) is 3. The maximum Gasteiger partial charge on any atom is 0.303 e. The van der Waals surface area contributed by atoms with E-state index in [4.69, 9.17) is 25.7 Å². The number of hydrogen-bond donors (Lipinski definition) is 3. The minimum absolute atomic E-state index is 0.0149. The van der Waals surface area contributed by atoms with Crippen LogP contribution in [-0.4, -0.2) is 74.8 Å². The molecule has 4 rings (SSSR count). The van der Waals surface area contributed by atoms with E-state index in [2.05, 4.69) is 10.3 Å². The van der Waals surface area contributed by atoms with E-state index in [-0.39, 0.29) is 31.6 Å². The highest BCUT2D eigenvalue weighted by molar-refractivity contribution is 6.05. The summed E-state index contributed by atoms with van der Waals surface area (Å²) in [6, 6.07) is 13.2. The van der Waals surface area contributed by atoms with Crippen molar-refractivity contribution in [3.05, 3.63) is 48.5 Å². The predicted octanol–water partition coefficient (Wildman–Crippen LogP) is 0.257. The number of esters is 1. The number of morpholine rings is 2. The van der Waals surface area contributed by atoms with Crippen molar-refractivity contribution >= 4 is 52.4 Å². The molecule has 2 atom stereocenters. The van der Waals surface area contributed by atoms with Crippen LogP contribution in [0.25, 0.3) is 0 Å². The van der Waals surface area contributed by atoms with Crippen LogP contribution < -0.4 is 26.6 Å². The topological polar surface area (TPSA) is 179 Å². The van der Waals surface area contributed by atoms with Crippen LogP contribution in [-0.2, 0) is 33.4 Å². The second kappa shape index (κ2) is 11.7. The van der Waals surface area contributed by atoms with Gasteiger partial charge < -0.3 is 40.8 Å². The largest absolute Gasteiger partial charge is 0.449 e. The third-order valence-electron chi connectivity index (χ3n) is 5.78. The Morgan fingerprint density at radius 2 is 1.74 bits per heavy atom. The first-order valence-electron chi connectivity index (χ1n) is 11.8. The van der Waals surface area contributed by atoms with Gasteiger partial charge in [0.1, 0.15) is 6.61 Å². The third kappa shape index (κ3) is 6.25. The SMILES string of the molecule is CC(=O)OC(C(=O)Nc1ccc(N=C(N)N)cc1)C1OCCN(c2cccc(N3CCOCC3=O)c2)C1=O. The van der Waals surface area contributed by atoms with Crippen molar-refractivity contribution in [1.82, 2.24) is 0 Å². The summed E-state index contributed by atoms with van der Waals surface area (Å²) in [5, 5.41) is 2.62. The van der Waals surface area contributed by atoms with Crippen molar-refractivity contribution in [3.63, 3.8) is 0 Å². The molecule has 2 aliphatic rings. The quantitative estimate of drug-likeness (QED) is 0.260. The molecule has 0 saturated carbocycles. The van der Waals surface area contributed by atoms with Crippen molar-refractivity contribution in [2.45, 2.75) is 19.1 Å². The monoisotopic (exact) mass is 524 g/mol. The van der Waals surface area contributed by atoms with Gasteiger partial charge in [0.15, 0.2) is 12.1 Å². The molecule has 2 unspecified atom stereocenters. The van der Waals surface area contributed by atoms with Gasteiger partial charge in [0.25, 0.3) is 17.7 Å². The van der Waals surface area contributed by atoms with Gasteiger partial charge >= 0.3 is 5.97 Å². The number of guanidine groups is 1. The van der Waals surface area contributed by atoms with Crippen LogP contribution in [0, 0.1) is 0 Å². The highest BCUT2D eigenvalue weighted by Crippen LogP contribution is 2.27. The molecule has 2 saturated heterocycles. The summed E-state index contributed by atoms with van der Waals surface area (Å²) in [6.45, 7) is 2.22. The molecular weight excluding hydrogens is 496 g/mol. The van der Waals surface area contributed by atoms with E-state index in [1.807, 2.05) is 0 Å². The van der Waals surface area contributed by atoms with Gasteiger partial charge in [0.2, 0.25) is 6.10 Å². The maximum absolute atomic E-state index is 13.5. The second-order valence-electron chi connectivity index (χ2n) is 8.50. The molecule has 0 bridgehead atoms. The molecular formula is C25H28N6O7. The van der Waals surface area contributed by atoms with Crippen molar-refractivity contribution in [1.29, 1.82) is 0 Å². The maximum atomic E-state index is 13.5. The van der Waals surface area contributed by atoms with Crippen LogP contribution in [0.15, 0.2) is 53.5 Å². The molecule has 2 heterocycles. The molecule has 2 fully saturated rings. The fourth-order valence-corrected chi connectivity index (χ4v) is 4.11. The molecule has 38 heavy (non-hydrogen) atoms. The number of hydrogen-bond acceptors (Lipinski definition) is 8. The minimum atomic E-state index is -1.55. The lowest BCUT2D eigenvalue weighted by atomic mass is 10.1. The van der Waals surface area contributed by atoms with Crippen LogP contribution in [0.2, 0.25) is 0 Å². The van der Waals surface area contributed by atoms with Gasteiger partial charge in [-0.05, 0) is 42.5 Å². The van der Waals surface area contributed by atoms with Crippen LogP contribution in [0.5, 0.6) is 0 Å². The van der Waals surface area contributed by atoms with Gasteiger partial charge in [0, 0.05) is 37.1 Å². The molecule has 13 nitrogen and oxygen atoms in total. The predicted molar refractivity (Wildman–Crippen MR) is 138 cm³/mol. The Morgan fingerprint density at radius 1 is 1.05 bits per heavy atom. The Morgan fingerprint density at radius 3 is 2.39 bits per heavy atom. The van der Waals surface area contributed by atoms with E-state index >= 15 is 0 Å². The summed E-state index contributed by atoms with van der Waals surface area (Å²) in [4.78, 5) is 57.7. The molecule has 0 radical (unpaired) electrons. The Bertz CT molecular complexity index is 1250. The smallest absolute Gasteiger partial charge is 0.303 e. The van der Waals surface area contributed by atoms with Crippen LogP contribution >= 0.6 is 0 Å². The average molecular weight is 525 g/mol. The summed E-state index contributed by atoms with van der Waals surface area (Å²) in [7, 11) is 0. The number of amides is 3. The summed E-state index contributed by atoms with van der Waals surface area (Å²) in [5.41, 5.74) is 12.7. The summed E-state index contributed by atoms with van der Waals surface area (Å²) >= 11 is 0. The number of carbonyl (C=O) groups excluding carboxylic acids is 4. The lowest BCUT2D eigenvalue weighted by molar-refractivity contribution is -0.167. The third-order valence-corrected chi connectivity index (χ3v) is 5.78. The average Bonchev–Trinajstić information content (AvgIpc) is 2.89. The number of rotatable bonds is 7. The van der Waals surface area contributed by atoms with Gasteiger partial charge in [-0.1, -0.05) is 6.07 Å². The number of benzene rings is 2. The van der Waals surface area contributed by atoms with Gasteiger partial charge in [0.05, 0.1) is 18.9 Å². The minimum Gasteiger partial charge on any atom is -0.449 e. The van der Waals surface area contributed by atoms with E-state index in [0.717, 1.165) is 6.92 Å². The summed E-state index contributed by atoms with van der Waals surface area (Å²) in [5.74, 6) is -2.36. The number of aliphatic imine (C=N–C) groups is 1. The zero-order chi connectivity index (χ0) is 27.2. The number of nitrogens with two attached hydrogens (primary N) is 2. The van der Waals surface area contributed by atoms with Crippen molar-refractivity contribution in [3.8, 4) is 0 Å². The molecule has 2 aromatic rings. The zero-order valence-electron chi connectivity index (χ0n) is 20.7. The Hall–Kier alpha value is -4.49. The Labute approximate surface area is 218 Å². The molecule has 0 aliphatic carbocycles. The number of carbonyl (C=O) groups is 4. The lowest BCUT2D eigenvalue weighted by Gasteiger charge is -2.35.